The predicted octanol–water partition coefficient (Wildman–Crippen LogP) is 5.12. The van der Waals surface area contributed by atoms with Crippen LogP contribution in [0.5, 0.6) is 0 Å². The second kappa shape index (κ2) is 5.83. The number of hydrogen-bond acceptors (Lipinski definition) is 4. The SMILES string of the molecule is CC(Nc1c(Cl)ccc2nsnc12)c1ccc(I)cc1. The summed E-state index contributed by atoms with van der Waals surface area (Å²) in [5.41, 5.74) is 3.77. The molecule has 2 aromatic carbocycles. The van der Waals surface area contributed by atoms with Crippen molar-refractivity contribution >= 4 is 62.6 Å². The van der Waals surface area contributed by atoms with Crippen molar-refractivity contribution in [3.63, 3.8) is 0 Å². The summed E-state index contributed by atoms with van der Waals surface area (Å²) < 4.78 is 9.79. The molecule has 0 bridgehead atoms. The van der Waals surface area contributed by atoms with E-state index >= 15 is 0 Å². The van der Waals surface area contributed by atoms with E-state index in [1.165, 1.54) is 20.9 Å². The molecule has 0 aliphatic carbocycles. The van der Waals surface area contributed by atoms with Gasteiger partial charge in [0.05, 0.1) is 22.4 Å². The molecule has 1 unspecified atom stereocenters. The van der Waals surface area contributed by atoms with Gasteiger partial charge < -0.3 is 5.32 Å². The molecule has 1 aromatic heterocycles. The zero-order valence-corrected chi connectivity index (χ0v) is 14.3. The molecule has 3 rings (SSSR count). The maximum absolute atomic E-state index is 6.29. The van der Waals surface area contributed by atoms with Gasteiger partial charge >= 0.3 is 0 Å². The minimum Gasteiger partial charge on any atom is -0.375 e. The van der Waals surface area contributed by atoms with Crippen LogP contribution < -0.4 is 5.32 Å². The lowest BCUT2D eigenvalue weighted by Crippen LogP contribution is -2.07. The summed E-state index contributed by atoms with van der Waals surface area (Å²) in [6.07, 6.45) is 0. The van der Waals surface area contributed by atoms with E-state index < -0.39 is 0 Å². The molecule has 0 fully saturated rings. The second-order valence-electron chi connectivity index (χ2n) is 4.47. The van der Waals surface area contributed by atoms with Gasteiger partial charge in [-0.25, -0.2) is 0 Å². The molecular weight excluding hydrogens is 405 g/mol. The summed E-state index contributed by atoms with van der Waals surface area (Å²) in [5, 5.41) is 4.11. The number of hydrogen-bond donors (Lipinski definition) is 1. The van der Waals surface area contributed by atoms with Crippen molar-refractivity contribution in [2.75, 3.05) is 5.32 Å². The summed E-state index contributed by atoms with van der Waals surface area (Å²) in [6, 6.07) is 12.3. The molecule has 1 atom stereocenters. The third-order valence-corrected chi connectivity index (χ3v) is 4.68. The first kappa shape index (κ1) is 14.0. The third-order valence-electron chi connectivity index (χ3n) is 3.11. The minimum absolute atomic E-state index is 0.150. The highest BCUT2D eigenvalue weighted by molar-refractivity contribution is 14.1. The Balaban J connectivity index is 1.94. The molecule has 3 nitrogen and oxygen atoms in total. The molecule has 0 aliphatic heterocycles. The first-order chi connectivity index (χ1) is 9.65. The number of benzene rings is 2. The van der Waals surface area contributed by atoms with Crippen LogP contribution in [0.2, 0.25) is 5.02 Å². The number of aromatic nitrogens is 2. The van der Waals surface area contributed by atoms with Crippen molar-refractivity contribution < 1.29 is 0 Å². The number of fused-ring (bicyclic) bond motifs is 1. The van der Waals surface area contributed by atoms with Gasteiger partial charge in [0.25, 0.3) is 0 Å². The largest absolute Gasteiger partial charge is 0.375 e. The molecule has 0 spiro atoms. The molecular formula is C14H11ClIN3S. The molecule has 0 saturated carbocycles. The maximum Gasteiger partial charge on any atom is 0.129 e. The Kier molecular flexibility index (Phi) is 4.09. The zero-order chi connectivity index (χ0) is 14.1. The highest BCUT2D eigenvalue weighted by Gasteiger charge is 2.13. The van der Waals surface area contributed by atoms with Crippen LogP contribution in [-0.4, -0.2) is 8.75 Å². The van der Waals surface area contributed by atoms with Crippen molar-refractivity contribution in [3.05, 3.63) is 50.6 Å². The Morgan fingerprint density at radius 3 is 2.65 bits per heavy atom. The van der Waals surface area contributed by atoms with Gasteiger partial charge in [-0.05, 0) is 59.3 Å². The molecule has 0 saturated heterocycles. The fourth-order valence-corrected chi connectivity index (χ4v) is 3.12. The van der Waals surface area contributed by atoms with Gasteiger partial charge in [-0.3, -0.25) is 0 Å². The van der Waals surface area contributed by atoms with Crippen LogP contribution in [-0.2, 0) is 0 Å². The lowest BCUT2D eigenvalue weighted by molar-refractivity contribution is 0.886. The van der Waals surface area contributed by atoms with E-state index in [2.05, 4.69) is 67.8 Å². The van der Waals surface area contributed by atoms with Crippen LogP contribution in [0.1, 0.15) is 18.5 Å². The third kappa shape index (κ3) is 2.75. The molecule has 3 aromatic rings. The molecule has 0 aliphatic rings. The Morgan fingerprint density at radius 1 is 1.15 bits per heavy atom. The molecule has 0 radical (unpaired) electrons. The van der Waals surface area contributed by atoms with Crippen LogP contribution >= 0.6 is 45.9 Å². The van der Waals surface area contributed by atoms with E-state index in [1.54, 1.807) is 0 Å². The second-order valence-corrected chi connectivity index (χ2v) is 6.65. The van der Waals surface area contributed by atoms with E-state index in [4.69, 9.17) is 11.6 Å². The minimum atomic E-state index is 0.150. The van der Waals surface area contributed by atoms with Gasteiger partial charge in [-0.15, -0.1) is 0 Å². The van der Waals surface area contributed by atoms with Gasteiger partial charge in [0.15, 0.2) is 0 Å². The lowest BCUT2D eigenvalue weighted by atomic mass is 10.1. The smallest absolute Gasteiger partial charge is 0.129 e. The van der Waals surface area contributed by atoms with E-state index in [9.17, 15) is 0 Å². The first-order valence-electron chi connectivity index (χ1n) is 6.08. The molecule has 0 amide bonds. The molecule has 1 N–H and O–H groups in total. The van der Waals surface area contributed by atoms with Gasteiger partial charge in [-0.1, -0.05) is 23.7 Å². The first-order valence-corrected chi connectivity index (χ1v) is 8.26. The number of halogens is 2. The van der Waals surface area contributed by atoms with Crippen LogP contribution in [0.15, 0.2) is 36.4 Å². The topological polar surface area (TPSA) is 37.8 Å². The summed E-state index contributed by atoms with van der Waals surface area (Å²) in [6.45, 7) is 2.11. The van der Waals surface area contributed by atoms with E-state index in [0.717, 1.165) is 16.7 Å². The summed E-state index contributed by atoms with van der Waals surface area (Å²) in [4.78, 5) is 0. The van der Waals surface area contributed by atoms with Crippen molar-refractivity contribution in [2.24, 2.45) is 0 Å². The Morgan fingerprint density at radius 2 is 1.90 bits per heavy atom. The van der Waals surface area contributed by atoms with E-state index in [-0.39, 0.29) is 6.04 Å². The molecule has 20 heavy (non-hydrogen) atoms. The van der Waals surface area contributed by atoms with Crippen LogP contribution in [0, 0.1) is 3.57 Å². The summed E-state index contributed by atoms with van der Waals surface area (Å²) in [5.74, 6) is 0. The number of anilines is 1. The van der Waals surface area contributed by atoms with Crippen LogP contribution in [0.4, 0.5) is 5.69 Å². The maximum atomic E-state index is 6.29. The van der Waals surface area contributed by atoms with Crippen molar-refractivity contribution in [1.82, 2.24) is 8.75 Å². The standard InChI is InChI=1S/C14H11ClIN3S/c1-8(9-2-4-10(16)5-3-9)17-13-11(15)6-7-12-14(13)19-20-18-12/h2-8,17H,1H3. The van der Waals surface area contributed by atoms with Gasteiger partial charge in [0.2, 0.25) is 0 Å². The molecule has 6 heteroatoms. The Bertz CT molecular complexity index is 742. The average molecular weight is 416 g/mol. The summed E-state index contributed by atoms with van der Waals surface area (Å²) >= 11 is 9.79. The predicted molar refractivity (Wildman–Crippen MR) is 93.6 cm³/mol. The number of nitrogens with one attached hydrogen (secondary N) is 1. The fraction of sp³-hybridized carbons (Fsp3) is 0.143. The van der Waals surface area contributed by atoms with E-state index in [1.807, 2.05) is 12.1 Å². The fourth-order valence-electron chi connectivity index (χ4n) is 2.02. The number of nitrogens with zero attached hydrogens (tertiary/aromatic N) is 2. The zero-order valence-electron chi connectivity index (χ0n) is 10.6. The van der Waals surface area contributed by atoms with Gasteiger partial charge in [-0.2, -0.15) is 8.75 Å². The summed E-state index contributed by atoms with van der Waals surface area (Å²) in [7, 11) is 0. The lowest BCUT2D eigenvalue weighted by Gasteiger charge is -2.17. The Labute approximate surface area is 139 Å². The van der Waals surface area contributed by atoms with Crippen molar-refractivity contribution in [3.8, 4) is 0 Å². The average Bonchev–Trinajstić information content (AvgIpc) is 2.91. The highest BCUT2D eigenvalue weighted by Crippen LogP contribution is 2.32. The monoisotopic (exact) mass is 415 g/mol. The van der Waals surface area contributed by atoms with Gasteiger partial charge in [0, 0.05) is 9.61 Å². The van der Waals surface area contributed by atoms with Crippen molar-refractivity contribution in [2.45, 2.75) is 13.0 Å². The van der Waals surface area contributed by atoms with Crippen LogP contribution in [0.3, 0.4) is 0 Å². The van der Waals surface area contributed by atoms with Crippen molar-refractivity contribution in [1.29, 1.82) is 0 Å². The number of rotatable bonds is 3. The Hall–Kier alpha value is -0.920. The van der Waals surface area contributed by atoms with E-state index in [0.29, 0.717) is 5.02 Å². The van der Waals surface area contributed by atoms with Crippen LogP contribution in [0.25, 0.3) is 11.0 Å². The highest BCUT2D eigenvalue weighted by atomic mass is 127. The molecule has 1 heterocycles. The molecule has 102 valence electrons. The quantitative estimate of drug-likeness (QED) is 0.603. The van der Waals surface area contributed by atoms with Gasteiger partial charge in [0.1, 0.15) is 11.0 Å². The normalized spacial score (nSPS) is 12.6.